The van der Waals surface area contributed by atoms with E-state index in [1.54, 1.807) is 73.1 Å². The summed E-state index contributed by atoms with van der Waals surface area (Å²) in [6, 6.07) is 63.0. The molecule has 23 heteroatoms. The zero-order valence-electron chi connectivity index (χ0n) is 62.1. The summed E-state index contributed by atoms with van der Waals surface area (Å²) < 4.78 is 82.1. The molecule has 21 nitrogen and oxygen atoms in total. The van der Waals surface area contributed by atoms with Gasteiger partial charge in [-0.05, 0) is 136 Å². The molecule has 5 aliphatic carbocycles. The minimum Gasteiger partial charge on any atom is -0.493 e. The predicted molar refractivity (Wildman–Crippen MR) is 431 cm³/mol. The van der Waals surface area contributed by atoms with E-state index >= 15 is 0 Å². The van der Waals surface area contributed by atoms with E-state index in [4.69, 9.17) is 23.7 Å². The van der Waals surface area contributed by atoms with E-state index in [1.807, 2.05) is 97.2 Å². The molecule has 4 aromatic heterocycles. The zero-order valence-corrected chi connectivity index (χ0v) is 63.8. The van der Waals surface area contributed by atoms with Gasteiger partial charge in [0.25, 0.3) is 20.0 Å². The second kappa shape index (κ2) is 33.7. The SMILES string of the molecule is C1=C(c2ncc[nH]2)c2ccccc2C1.COc1cc(C(=O)c2cn(S(=O)(=O)c3ccccc3)c(C3=CCc4ccccc43)n2)cc(CO)c1OC.COc1cc(C(=O)c2cnc(C3=CCc4ccccc43)[nH]2)cc(OC)c1OC.O=CC1=CCc2ccccc21.O=S(=O)(c1ccccc1)n1ccnc1C1=CCc2ccccc21. The summed E-state index contributed by atoms with van der Waals surface area (Å²) >= 11 is 0. The van der Waals surface area contributed by atoms with Gasteiger partial charge in [-0.25, -0.2) is 44.7 Å². The van der Waals surface area contributed by atoms with Crippen LogP contribution in [0.25, 0.3) is 27.9 Å². The second-order valence-corrected chi connectivity index (χ2v) is 29.8. The van der Waals surface area contributed by atoms with E-state index < -0.39 is 25.8 Å². The van der Waals surface area contributed by atoms with Crippen molar-refractivity contribution in [1.29, 1.82) is 0 Å². The molecule has 3 N–H and O–H groups in total. The van der Waals surface area contributed by atoms with Gasteiger partial charge in [0, 0.05) is 69.3 Å². The maximum Gasteiger partial charge on any atom is 0.269 e. The molecule has 0 atom stereocenters. The number of hydrogen-bond acceptors (Lipinski definition) is 17. The van der Waals surface area contributed by atoms with Crippen LogP contribution in [0.2, 0.25) is 0 Å². The van der Waals surface area contributed by atoms with Crippen LogP contribution in [0.1, 0.15) is 117 Å². The number of H-pyrrole nitrogens is 2. The Morgan fingerprint density at radius 3 is 1.38 bits per heavy atom. The topological polar surface area (TPSA) is 279 Å². The first-order valence-electron chi connectivity index (χ1n) is 36.0. The fraction of sp³-hybridized carbons (Fsp3) is 0.122. The lowest BCUT2D eigenvalue weighted by molar-refractivity contribution is -0.103. The monoisotopic (exact) mass is 1540 g/mol. The Hall–Kier alpha value is -13.6. The third kappa shape index (κ3) is 15.6. The van der Waals surface area contributed by atoms with Crippen LogP contribution in [-0.4, -0.2) is 113 Å². The lowest BCUT2D eigenvalue weighted by Gasteiger charge is -2.13. The number of aliphatic hydroxyl groups excluding tert-OH is 1. The van der Waals surface area contributed by atoms with E-state index in [0.717, 1.165) is 86.3 Å². The van der Waals surface area contributed by atoms with Crippen molar-refractivity contribution in [3.63, 3.8) is 0 Å². The first-order valence-corrected chi connectivity index (χ1v) is 38.9. The highest BCUT2D eigenvalue weighted by atomic mass is 32.2. The molecule has 0 aliphatic heterocycles. The number of ether oxygens (including phenoxy) is 5. The largest absolute Gasteiger partial charge is 0.493 e. The third-order valence-electron chi connectivity index (χ3n) is 19.7. The van der Waals surface area contributed by atoms with Gasteiger partial charge in [0.05, 0.1) is 64.3 Å². The molecule has 0 unspecified atom stereocenters. The molecular formula is C90H76N8O13S2. The van der Waals surface area contributed by atoms with Crippen molar-refractivity contribution < 1.29 is 60.0 Å². The summed E-state index contributed by atoms with van der Waals surface area (Å²) in [5, 5.41) is 9.81. The van der Waals surface area contributed by atoms with Crippen LogP contribution >= 0.6 is 0 Å². The molecule has 0 saturated carbocycles. The van der Waals surface area contributed by atoms with Gasteiger partial charge in [0.15, 0.2) is 34.6 Å². The van der Waals surface area contributed by atoms with E-state index in [2.05, 4.69) is 90.6 Å². The van der Waals surface area contributed by atoms with Crippen molar-refractivity contribution in [2.24, 2.45) is 0 Å². The van der Waals surface area contributed by atoms with Crippen LogP contribution < -0.4 is 23.7 Å². The Morgan fingerprint density at radius 1 is 0.460 bits per heavy atom. The molecule has 5 aliphatic rings. The zero-order chi connectivity index (χ0) is 78.8. The number of fused-ring (bicyclic) bond motifs is 5. The van der Waals surface area contributed by atoms with Gasteiger partial charge >= 0.3 is 0 Å². The number of imidazole rings is 4. The summed E-state index contributed by atoms with van der Waals surface area (Å²) in [5.41, 5.74) is 17.5. The molecule has 0 amide bonds. The van der Waals surface area contributed by atoms with Gasteiger partial charge in [-0.3, -0.25) is 14.4 Å². The van der Waals surface area contributed by atoms with Gasteiger partial charge < -0.3 is 38.8 Å². The highest BCUT2D eigenvalue weighted by Crippen LogP contribution is 2.41. The number of benzene rings is 9. The van der Waals surface area contributed by atoms with E-state index in [-0.39, 0.29) is 45.0 Å². The molecule has 4 heterocycles. The molecule has 18 rings (SSSR count). The minimum atomic E-state index is -4.06. The number of carbonyl (C=O) groups excluding carboxylic acids is 3. The molecule has 13 aromatic rings. The fourth-order valence-electron chi connectivity index (χ4n) is 14.1. The molecule has 0 bridgehead atoms. The number of aromatic amines is 2. The maximum atomic E-state index is 13.7. The average molecular weight is 1540 g/mol. The van der Waals surface area contributed by atoms with Crippen molar-refractivity contribution >= 4 is 65.8 Å². The molecule has 566 valence electrons. The van der Waals surface area contributed by atoms with Crippen molar-refractivity contribution in [3.05, 3.63) is 381 Å². The summed E-state index contributed by atoms with van der Waals surface area (Å²) in [6.07, 6.45) is 24.9. The fourth-order valence-corrected chi connectivity index (χ4v) is 16.8. The number of allylic oxidation sites excluding steroid dienone is 6. The number of rotatable bonds is 19. The smallest absolute Gasteiger partial charge is 0.269 e. The molecule has 113 heavy (non-hydrogen) atoms. The number of hydrogen-bond donors (Lipinski definition) is 3. The number of carbonyl (C=O) groups is 3. The van der Waals surface area contributed by atoms with Gasteiger partial charge in [-0.2, -0.15) is 0 Å². The molecule has 0 radical (unpaired) electrons. The quantitative estimate of drug-likeness (QED) is 0.0501. The average Bonchev–Trinajstić information content (AvgIpc) is 1.61. The Bertz CT molecular complexity index is 6120. The van der Waals surface area contributed by atoms with Crippen molar-refractivity contribution in [1.82, 2.24) is 37.8 Å². The van der Waals surface area contributed by atoms with E-state index in [1.165, 1.54) is 116 Å². The van der Waals surface area contributed by atoms with Crippen LogP contribution in [-0.2, 0) is 63.6 Å². The van der Waals surface area contributed by atoms with Crippen LogP contribution in [0.15, 0.2) is 284 Å². The normalized spacial score (nSPS) is 13.1. The second-order valence-electron chi connectivity index (χ2n) is 26.2. The lowest BCUT2D eigenvalue weighted by atomic mass is 10.0. The van der Waals surface area contributed by atoms with Crippen molar-refractivity contribution in [3.8, 4) is 28.7 Å². The summed E-state index contributed by atoms with van der Waals surface area (Å²) in [6.45, 7) is -0.383. The Kier molecular flexibility index (Phi) is 22.7. The molecule has 0 spiro atoms. The summed E-state index contributed by atoms with van der Waals surface area (Å²) in [5.74, 6) is 3.41. The number of nitrogens with zero attached hydrogens (tertiary/aromatic N) is 6. The number of aldehydes is 1. The van der Waals surface area contributed by atoms with Crippen molar-refractivity contribution in [2.45, 2.75) is 48.5 Å². The third-order valence-corrected chi connectivity index (χ3v) is 23.0. The molecular weight excluding hydrogens is 1470 g/mol. The predicted octanol–water partition coefficient (Wildman–Crippen LogP) is 14.8. The molecule has 0 fully saturated rings. The van der Waals surface area contributed by atoms with Crippen LogP contribution in [0, 0.1) is 0 Å². The standard InChI is InChI=1S/C28H24N2O6S.C22H20N2O4.C18H14N2O2S.C12H10N2.C10H8O/c1-35-25-15-19(14-20(17-31)27(25)36-2)26(32)24-16-30(37(33,34)21-9-4-3-5-10-21)28(29-24)23-13-12-18-8-6-7-11-22(18)23;1-26-18-10-14(11-19(27-2)21(18)28-3)20(25)17-12-23-22(24-17)16-9-8-13-6-4-5-7-15(13)16;21-23(22,15-7-2-1-3-8-15)20-13-12-19-18(20)17-11-10-14-6-4-5-9-16(14)17;1-2-4-10-9(3-1)5-6-11(10)12-13-7-8-14-12;11-7-9-6-5-8-3-1-2-4-10(8)9/h3-11,13-16,31H,12,17H2,1-2H3;4-7,9-12H,8H2,1-3H3,(H,23,24);1-9,11-13H,10H2;1-4,6-8H,5H2,(H,13,14);1-4,6-7H,5H2. The van der Waals surface area contributed by atoms with Crippen LogP contribution in [0.4, 0.5) is 0 Å². The van der Waals surface area contributed by atoms with E-state index in [0.29, 0.717) is 63.5 Å². The number of aromatic nitrogens is 8. The highest BCUT2D eigenvalue weighted by Gasteiger charge is 2.32. The Labute approximate surface area is 653 Å². The summed E-state index contributed by atoms with van der Waals surface area (Å²) in [4.78, 5) is 61.3. The number of aliphatic hydroxyl groups is 1. The first kappa shape index (κ1) is 76.2. The Balaban J connectivity index is 0.000000124. The van der Waals surface area contributed by atoms with Gasteiger partial charge in [-0.1, -0.05) is 188 Å². The number of methoxy groups -OCH3 is 5. The van der Waals surface area contributed by atoms with Gasteiger partial charge in [0.2, 0.25) is 17.3 Å². The number of ketones is 2. The minimum absolute atomic E-state index is 0.0594. The lowest BCUT2D eigenvalue weighted by Crippen LogP contribution is -2.15. The van der Waals surface area contributed by atoms with Gasteiger partial charge in [0.1, 0.15) is 29.3 Å². The highest BCUT2D eigenvalue weighted by molar-refractivity contribution is 7.90. The maximum absolute atomic E-state index is 13.7. The van der Waals surface area contributed by atoms with Crippen LogP contribution in [0.5, 0.6) is 28.7 Å². The molecule has 9 aromatic carbocycles. The van der Waals surface area contributed by atoms with Crippen molar-refractivity contribution in [2.75, 3.05) is 35.5 Å². The van der Waals surface area contributed by atoms with Gasteiger partial charge in [-0.15, -0.1) is 0 Å². The summed E-state index contributed by atoms with van der Waals surface area (Å²) in [7, 11) is -0.292. The first-order chi connectivity index (χ1) is 55.1. The van der Waals surface area contributed by atoms with E-state index in [9.17, 15) is 36.3 Å². The number of nitrogens with one attached hydrogen (secondary N) is 2. The Morgan fingerprint density at radius 2 is 0.894 bits per heavy atom. The van der Waals surface area contributed by atoms with Crippen LogP contribution in [0.3, 0.4) is 0 Å². The molecule has 0 saturated heterocycles.